The number of carboxylic acid groups (broad SMARTS) is 1. The van der Waals surface area contributed by atoms with Crippen molar-refractivity contribution in [2.45, 2.75) is 19.1 Å². The van der Waals surface area contributed by atoms with Crippen LogP contribution in [0.5, 0.6) is 0 Å². The molecular weight excluding hydrogens is 295 g/mol. The number of halogens is 3. The summed E-state index contributed by atoms with van der Waals surface area (Å²) in [5.41, 5.74) is -1.87. The van der Waals surface area contributed by atoms with Gasteiger partial charge in [-0.15, -0.1) is 0 Å². The molecule has 0 saturated heterocycles. The highest BCUT2D eigenvalue weighted by molar-refractivity contribution is 7.84. The number of anilines is 1. The van der Waals surface area contributed by atoms with Crippen LogP contribution in [0, 0.1) is 0 Å². The Morgan fingerprint density at radius 3 is 2.50 bits per heavy atom. The van der Waals surface area contributed by atoms with Gasteiger partial charge < -0.3 is 10.4 Å². The minimum atomic E-state index is -4.75. The van der Waals surface area contributed by atoms with Gasteiger partial charge in [0, 0.05) is 34.5 Å². The van der Waals surface area contributed by atoms with Crippen LogP contribution in [0.25, 0.3) is 0 Å². The first-order valence-corrected chi connectivity index (χ1v) is 7.35. The Bertz CT molecular complexity index is 531. The first kappa shape index (κ1) is 16.5. The SMILES string of the molecule is CC(CS(C)=O)Nc1ccc(C(=O)O)c(C(F)(F)F)c1. The number of benzene rings is 1. The molecule has 0 aromatic heterocycles. The Labute approximate surface area is 116 Å². The molecule has 0 saturated carbocycles. The number of alkyl halides is 3. The molecule has 0 radical (unpaired) electrons. The summed E-state index contributed by atoms with van der Waals surface area (Å²) in [6.45, 7) is 1.68. The lowest BCUT2D eigenvalue weighted by Crippen LogP contribution is -2.23. The van der Waals surface area contributed by atoms with Crippen molar-refractivity contribution >= 4 is 22.5 Å². The van der Waals surface area contributed by atoms with Crippen molar-refractivity contribution in [3.8, 4) is 0 Å². The number of carboxylic acids is 1. The van der Waals surface area contributed by atoms with E-state index < -0.39 is 34.1 Å². The predicted molar refractivity (Wildman–Crippen MR) is 70.4 cm³/mol. The fourth-order valence-corrected chi connectivity index (χ4v) is 2.52. The van der Waals surface area contributed by atoms with Crippen LogP contribution >= 0.6 is 0 Å². The Morgan fingerprint density at radius 2 is 2.05 bits per heavy atom. The number of aromatic carboxylic acids is 1. The van der Waals surface area contributed by atoms with E-state index >= 15 is 0 Å². The monoisotopic (exact) mass is 309 g/mol. The van der Waals surface area contributed by atoms with E-state index in [1.807, 2.05) is 0 Å². The van der Waals surface area contributed by atoms with Crippen LogP contribution in [-0.2, 0) is 17.0 Å². The highest BCUT2D eigenvalue weighted by atomic mass is 32.2. The number of carbonyl (C=O) groups is 1. The summed E-state index contributed by atoms with van der Waals surface area (Å²) in [6, 6.07) is 2.62. The van der Waals surface area contributed by atoms with Crippen molar-refractivity contribution in [1.82, 2.24) is 0 Å². The minimum Gasteiger partial charge on any atom is -0.478 e. The van der Waals surface area contributed by atoms with Crippen molar-refractivity contribution in [2.24, 2.45) is 0 Å². The zero-order valence-electron chi connectivity index (χ0n) is 10.8. The quantitative estimate of drug-likeness (QED) is 0.877. The molecule has 0 aliphatic carbocycles. The maximum Gasteiger partial charge on any atom is 0.417 e. The molecule has 20 heavy (non-hydrogen) atoms. The van der Waals surface area contributed by atoms with E-state index in [1.54, 1.807) is 6.92 Å². The fraction of sp³-hybridized carbons (Fsp3) is 0.417. The van der Waals surface area contributed by atoms with E-state index in [0.717, 1.165) is 12.1 Å². The van der Waals surface area contributed by atoms with E-state index in [1.165, 1.54) is 12.3 Å². The average molecular weight is 309 g/mol. The van der Waals surface area contributed by atoms with Gasteiger partial charge in [0.25, 0.3) is 0 Å². The summed E-state index contributed by atoms with van der Waals surface area (Å²) >= 11 is 0. The van der Waals surface area contributed by atoms with Gasteiger partial charge in [-0.05, 0) is 25.1 Å². The lowest BCUT2D eigenvalue weighted by Gasteiger charge is -2.17. The smallest absolute Gasteiger partial charge is 0.417 e. The number of hydrogen-bond donors (Lipinski definition) is 2. The Morgan fingerprint density at radius 1 is 1.45 bits per heavy atom. The van der Waals surface area contributed by atoms with Crippen LogP contribution in [-0.4, -0.2) is 33.3 Å². The van der Waals surface area contributed by atoms with Gasteiger partial charge in [-0.3, -0.25) is 4.21 Å². The molecule has 8 heteroatoms. The highest BCUT2D eigenvalue weighted by Crippen LogP contribution is 2.34. The number of nitrogens with one attached hydrogen (secondary N) is 1. The molecule has 2 unspecified atom stereocenters. The van der Waals surface area contributed by atoms with Gasteiger partial charge in [0.2, 0.25) is 0 Å². The molecule has 112 valence electrons. The van der Waals surface area contributed by atoms with Crippen molar-refractivity contribution in [1.29, 1.82) is 0 Å². The van der Waals surface area contributed by atoms with Gasteiger partial charge in [0.1, 0.15) is 0 Å². The van der Waals surface area contributed by atoms with Gasteiger partial charge in [0.15, 0.2) is 0 Å². The number of hydrogen-bond acceptors (Lipinski definition) is 3. The van der Waals surface area contributed by atoms with Crippen molar-refractivity contribution in [2.75, 3.05) is 17.3 Å². The normalized spacial score (nSPS) is 14.7. The molecule has 4 nitrogen and oxygen atoms in total. The van der Waals surface area contributed by atoms with E-state index in [2.05, 4.69) is 5.32 Å². The van der Waals surface area contributed by atoms with E-state index in [9.17, 15) is 22.2 Å². The molecule has 0 amide bonds. The molecular formula is C12H14F3NO3S. The van der Waals surface area contributed by atoms with Gasteiger partial charge in [0.05, 0.1) is 11.1 Å². The standard InChI is InChI=1S/C12H14F3NO3S/c1-7(6-20(2)19)16-8-3-4-9(11(17)18)10(5-8)12(13,14)15/h3-5,7,16H,6H2,1-2H3,(H,17,18). The maximum atomic E-state index is 12.8. The summed E-state index contributed by atoms with van der Waals surface area (Å²) in [5.74, 6) is -1.35. The fourth-order valence-electron chi connectivity index (χ4n) is 1.73. The third-order valence-electron chi connectivity index (χ3n) is 2.45. The molecule has 0 heterocycles. The molecule has 0 fully saturated rings. The zero-order chi connectivity index (χ0) is 15.5. The summed E-state index contributed by atoms with van der Waals surface area (Å²) in [5, 5.41) is 11.5. The minimum absolute atomic E-state index is 0.139. The topological polar surface area (TPSA) is 66.4 Å². The summed E-state index contributed by atoms with van der Waals surface area (Å²) in [7, 11) is -1.08. The predicted octanol–water partition coefficient (Wildman–Crippen LogP) is 2.58. The second-order valence-corrected chi connectivity index (χ2v) is 5.83. The van der Waals surface area contributed by atoms with Crippen LogP contribution in [0.15, 0.2) is 18.2 Å². The van der Waals surface area contributed by atoms with E-state index in [0.29, 0.717) is 0 Å². The second-order valence-electron chi connectivity index (χ2n) is 4.35. The Kier molecular flexibility index (Phi) is 5.15. The largest absolute Gasteiger partial charge is 0.478 e. The molecule has 2 N–H and O–H groups in total. The molecule has 0 spiro atoms. The molecule has 0 aliphatic rings. The average Bonchev–Trinajstić information content (AvgIpc) is 2.25. The third-order valence-corrected chi connectivity index (χ3v) is 3.42. The van der Waals surface area contributed by atoms with Crippen molar-refractivity contribution in [3.63, 3.8) is 0 Å². The maximum absolute atomic E-state index is 12.8. The molecule has 0 aliphatic heterocycles. The molecule has 0 bridgehead atoms. The lowest BCUT2D eigenvalue weighted by atomic mass is 10.1. The highest BCUT2D eigenvalue weighted by Gasteiger charge is 2.35. The molecule has 1 aromatic rings. The summed E-state index contributed by atoms with van der Waals surface area (Å²) < 4.78 is 49.4. The van der Waals surface area contributed by atoms with Crippen LogP contribution in [0.4, 0.5) is 18.9 Å². The van der Waals surface area contributed by atoms with Crippen LogP contribution in [0.2, 0.25) is 0 Å². The molecule has 1 aromatic carbocycles. The third kappa shape index (κ3) is 4.52. The molecule has 2 atom stereocenters. The van der Waals surface area contributed by atoms with Crippen LogP contribution < -0.4 is 5.32 Å². The summed E-state index contributed by atoms with van der Waals surface area (Å²) in [6.07, 6.45) is -3.25. The lowest BCUT2D eigenvalue weighted by molar-refractivity contribution is -0.138. The van der Waals surface area contributed by atoms with Crippen LogP contribution in [0.3, 0.4) is 0 Å². The zero-order valence-corrected chi connectivity index (χ0v) is 11.6. The Balaban J connectivity index is 3.07. The van der Waals surface area contributed by atoms with Gasteiger partial charge in [-0.1, -0.05) is 0 Å². The first-order chi connectivity index (χ1) is 9.11. The summed E-state index contributed by atoms with van der Waals surface area (Å²) in [4.78, 5) is 10.8. The van der Waals surface area contributed by atoms with Crippen LogP contribution in [0.1, 0.15) is 22.8 Å². The second kappa shape index (κ2) is 6.25. The first-order valence-electron chi connectivity index (χ1n) is 5.62. The van der Waals surface area contributed by atoms with Gasteiger partial charge in [-0.25, -0.2) is 4.79 Å². The van der Waals surface area contributed by atoms with E-state index in [-0.39, 0.29) is 17.5 Å². The van der Waals surface area contributed by atoms with Gasteiger partial charge >= 0.3 is 12.1 Å². The van der Waals surface area contributed by atoms with Gasteiger partial charge in [-0.2, -0.15) is 13.2 Å². The Hall–Kier alpha value is -1.57. The van der Waals surface area contributed by atoms with Crippen molar-refractivity contribution < 1.29 is 27.3 Å². The van der Waals surface area contributed by atoms with Crippen molar-refractivity contribution in [3.05, 3.63) is 29.3 Å². The number of rotatable bonds is 5. The van der Waals surface area contributed by atoms with E-state index in [4.69, 9.17) is 5.11 Å². The molecule has 1 rings (SSSR count).